The van der Waals surface area contributed by atoms with E-state index in [4.69, 9.17) is 9.26 Å². The molecule has 0 aliphatic rings. The second kappa shape index (κ2) is 8.98. The smallest absolute Gasteiger partial charge is 0.289 e. The lowest BCUT2D eigenvalue weighted by Gasteiger charge is -2.04. The molecule has 0 aliphatic carbocycles. The molecule has 0 fully saturated rings. The summed E-state index contributed by atoms with van der Waals surface area (Å²) in [7, 11) is 1.65. The Morgan fingerprint density at radius 3 is 2.82 bits per heavy atom. The molecule has 17 heavy (non-hydrogen) atoms. The molecule has 2 N–H and O–H groups in total. The first kappa shape index (κ1) is 15.9. The van der Waals surface area contributed by atoms with Gasteiger partial charge in [-0.1, -0.05) is 5.16 Å². The Labute approximate surface area is 106 Å². The Bertz CT molecular complexity index is 330. The van der Waals surface area contributed by atoms with Gasteiger partial charge in [0.25, 0.3) is 5.91 Å². The van der Waals surface area contributed by atoms with E-state index in [1.807, 2.05) is 0 Å². The third-order valence-electron chi connectivity index (χ3n) is 1.92. The number of hydrogen-bond acceptors (Lipinski definition) is 5. The summed E-state index contributed by atoms with van der Waals surface area (Å²) in [5, 5.41) is 9.46. The molecular weight excluding hydrogens is 246 g/mol. The predicted molar refractivity (Wildman–Crippen MR) is 65.6 cm³/mol. The third-order valence-corrected chi connectivity index (χ3v) is 1.92. The van der Waals surface area contributed by atoms with Crippen LogP contribution in [0.2, 0.25) is 0 Å². The quantitative estimate of drug-likeness (QED) is 0.695. The van der Waals surface area contributed by atoms with Gasteiger partial charge in [0.05, 0.1) is 12.3 Å². The van der Waals surface area contributed by atoms with Crippen molar-refractivity contribution in [3.63, 3.8) is 0 Å². The fourth-order valence-corrected chi connectivity index (χ4v) is 1.12. The zero-order valence-electron chi connectivity index (χ0n) is 9.99. The van der Waals surface area contributed by atoms with Crippen molar-refractivity contribution in [2.45, 2.75) is 6.92 Å². The number of methoxy groups -OCH3 is 1. The van der Waals surface area contributed by atoms with E-state index in [9.17, 15) is 4.79 Å². The van der Waals surface area contributed by atoms with Crippen LogP contribution in [0.1, 0.15) is 16.2 Å². The summed E-state index contributed by atoms with van der Waals surface area (Å²) in [4.78, 5) is 11.4. The van der Waals surface area contributed by atoms with Crippen molar-refractivity contribution < 1.29 is 14.1 Å². The second-order valence-corrected chi connectivity index (χ2v) is 3.33. The largest absolute Gasteiger partial charge is 0.383 e. The molecule has 1 amide bonds. The number of ether oxygens (including phenoxy) is 1. The van der Waals surface area contributed by atoms with Crippen molar-refractivity contribution in [2.75, 3.05) is 33.4 Å². The molecule has 0 saturated heterocycles. The molecule has 0 atom stereocenters. The molecule has 1 heterocycles. The molecule has 98 valence electrons. The maximum absolute atomic E-state index is 11.4. The maximum Gasteiger partial charge on any atom is 0.289 e. The van der Waals surface area contributed by atoms with Gasteiger partial charge < -0.3 is 19.9 Å². The minimum atomic E-state index is -0.242. The summed E-state index contributed by atoms with van der Waals surface area (Å²) in [5.74, 6) is 0.00327. The second-order valence-electron chi connectivity index (χ2n) is 3.33. The van der Waals surface area contributed by atoms with Crippen LogP contribution in [0.15, 0.2) is 10.6 Å². The number of halogens is 1. The highest BCUT2D eigenvalue weighted by Crippen LogP contribution is 2.00. The number of aryl methyl sites for hydroxylation is 1. The average Bonchev–Trinajstić information content (AvgIpc) is 2.70. The van der Waals surface area contributed by atoms with Crippen LogP contribution in [0, 0.1) is 6.92 Å². The third kappa shape index (κ3) is 6.25. The number of aromatic nitrogens is 1. The van der Waals surface area contributed by atoms with Gasteiger partial charge in [-0.3, -0.25) is 4.79 Å². The Kier molecular flexibility index (Phi) is 8.39. The van der Waals surface area contributed by atoms with Gasteiger partial charge in [0.1, 0.15) is 0 Å². The summed E-state index contributed by atoms with van der Waals surface area (Å²) in [6.45, 7) is 4.44. The monoisotopic (exact) mass is 263 g/mol. The van der Waals surface area contributed by atoms with E-state index >= 15 is 0 Å². The van der Waals surface area contributed by atoms with Crippen molar-refractivity contribution in [3.8, 4) is 0 Å². The lowest BCUT2D eigenvalue weighted by atomic mass is 10.3. The zero-order chi connectivity index (χ0) is 11.8. The molecule has 6 nitrogen and oxygen atoms in total. The van der Waals surface area contributed by atoms with E-state index < -0.39 is 0 Å². The van der Waals surface area contributed by atoms with Crippen LogP contribution in [0.3, 0.4) is 0 Å². The molecule has 1 rings (SSSR count). The average molecular weight is 264 g/mol. The van der Waals surface area contributed by atoms with E-state index in [1.165, 1.54) is 0 Å². The van der Waals surface area contributed by atoms with Crippen molar-refractivity contribution in [2.24, 2.45) is 0 Å². The van der Waals surface area contributed by atoms with Crippen LogP contribution in [-0.4, -0.2) is 44.4 Å². The minimum Gasteiger partial charge on any atom is -0.383 e. The SMILES string of the molecule is COCCNCCNC(=O)c1cc(C)no1.Cl. The number of nitrogens with one attached hydrogen (secondary N) is 2. The zero-order valence-corrected chi connectivity index (χ0v) is 10.8. The normalized spacial score (nSPS) is 9.76. The minimum absolute atomic E-state index is 0. The molecule has 0 bridgehead atoms. The van der Waals surface area contributed by atoms with Crippen LogP contribution in [-0.2, 0) is 4.74 Å². The van der Waals surface area contributed by atoms with Gasteiger partial charge in [0.2, 0.25) is 5.76 Å². The molecule has 1 aromatic heterocycles. The molecule has 0 radical (unpaired) electrons. The Balaban J connectivity index is 0.00000256. The Hall–Kier alpha value is -1.11. The Morgan fingerprint density at radius 2 is 2.24 bits per heavy atom. The number of amides is 1. The number of carbonyl (C=O) groups is 1. The van der Waals surface area contributed by atoms with E-state index in [2.05, 4.69) is 15.8 Å². The van der Waals surface area contributed by atoms with Crippen molar-refractivity contribution >= 4 is 18.3 Å². The number of nitrogens with zero attached hydrogens (tertiary/aromatic N) is 1. The van der Waals surface area contributed by atoms with Gasteiger partial charge in [-0.15, -0.1) is 12.4 Å². The number of hydrogen-bond donors (Lipinski definition) is 2. The molecule has 7 heteroatoms. The molecule has 0 aromatic carbocycles. The van der Waals surface area contributed by atoms with E-state index in [-0.39, 0.29) is 24.1 Å². The topological polar surface area (TPSA) is 76.4 Å². The number of carbonyl (C=O) groups excluding carboxylic acids is 1. The molecular formula is C10H18ClN3O3. The van der Waals surface area contributed by atoms with Crippen molar-refractivity contribution in [3.05, 3.63) is 17.5 Å². The van der Waals surface area contributed by atoms with Gasteiger partial charge in [0.15, 0.2) is 0 Å². The highest BCUT2D eigenvalue weighted by atomic mass is 35.5. The van der Waals surface area contributed by atoms with Crippen LogP contribution in [0.5, 0.6) is 0 Å². The first-order valence-electron chi connectivity index (χ1n) is 5.15. The maximum atomic E-state index is 11.4. The summed E-state index contributed by atoms with van der Waals surface area (Å²) in [6, 6.07) is 1.60. The number of rotatable bonds is 7. The fraction of sp³-hybridized carbons (Fsp3) is 0.600. The molecule has 0 spiro atoms. The Morgan fingerprint density at radius 1 is 1.47 bits per heavy atom. The lowest BCUT2D eigenvalue weighted by molar-refractivity contribution is 0.0917. The van der Waals surface area contributed by atoms with Gasteiger partial charge in [0, 0.05) is 32.8 Å². The fourth-order valence-electron chi connectivity index (χ4n) is 1.12. The molecule has 0 unspecified atom stereocenters. The summed E-state index contributed by atoms with van der Waals surface area (Å²) in [5.41, 5.74) is 0.698. The predicted octanol–water partition coefficient (Wildman–Crippen LogP) is 0.371. The van der Waals surface area contributed by atoms with Gasteiger partial charge in [-0.2, -0.15) is 0 Å². The van der Waals surface area contributed by atoms with Crippen molar-refractivity contribution in [1.82, 2.24) is 15.8 Å². The first-order valence-corrected chi connectivity index (χ1v) is 5.15. The summed E-state index contributed by atoms with van der Waals surface area (Å²) in [6.07, 6.45) is 0. The van der Waals surface area contributed by atoms with Crippen LogP contribution >= 0.6 is 12.4 Å². The van der Waals surface area contributed by atoms with Gasteiger partial charge >= 0.3 is 0 Å². The van der Waals surface area contributed by atoms with E-state index in [0.717, 1.165) is 6.54 Å². The molecule has 1 aromatic rings. The van der Waals surface area contributed by atoms with Gasteiger partial charge in [-0.25, -0.2) is 0 Å². The van der Waals surface area contributed by atoms with Crippen LogP contribution in [0.25, 0.3) is 0 Å². The molecule has 0 aliphatic heterocycles. The van der Waals surface area contributed by atoms with E-state index in [0.29, 0.717) is 25.4 Å². The highest BCUT2D eigenvalue weighted by Gasteiger charge is 2.09. The lowest BCUT2D eigenvalue weighted by Crippen LogP contribution is -2.32. The van der Waals surface area contributed by atoms with Crippen molar-refractivity contribution in [1.29, 1.82) is 0 Å². The summed E-state index contributed by atoms with van der Waals surface area (Å²) < 4.78 is 9.69. The van der Waals surface area contributed by atoms with Crippen LogP contribution < -0.4 is 10.6 Å². The van der Waals surface area contributed by atoms with Crippen LogP contribution in [0.4, 0.5) is 0 Å². The first-order chi connectivity index (χ1) is 7.74. The van der Waals surface area contributed by atoms with Gasteiger partial charge in [-0.05, 0) is 6.92 Å². The van der Waals surface area contributed by atoms with E-state index in [1.54, 1.807) is 20.1 Å². The highest BCUT2D eigenvalue weighted by molar-refractivity contribution is 5.91. The standard InChI is InChI=1S/C10H17N3O3.ClH/c1-8-7-9(16-13-8)10(14)12-4-3-11-5-6-15-2;/h7,11H,3-6H2,1-2H3,(H,12,14);1H. The summed E-state index contributed by atoms with van der Waals surface area (Å²) >= 11 is 0. The molecule has 0 saturated carbocycles.